The van der Waals surface area contributed by atoms with Crippen molar-refractivity contribution >= 4 is 99.8 Å². The maximum absolute atomic E-state index is 2.37. The molecule has 65 heavy (non-hydrogen) atoms. The molecule has 0 fully saturated rings. The standard InChI is InChI=1S/C60H44N4S/c1-7-21-45(22-8-1)61(46-23-9-2-10-24-46)51-33-19-35-53(41-51)63(49-29-15-5-16-30-49)55-37-39-59-57(43-55)58-44-56(38-40-60(58)65-59)64(50-31-17-6-18-32-50)54-36-20-34-52(42-54)62(47-25-11-3-12-26-47)48-27-13-4-14-28-48/h1-44H. The van der Waals surface area contributed by atoms with Crippen molar-refractivity contribution < 1.29 is 0 Å². The van der Waals surface area contributed by atoms with E-state index < -0.39 is 0 Å². The Labute approximate surface area is 384 Å². The number of hydrogen-bond donors (Lipinski definition) is 0. The molecule has 5 heteroatoms. The lowest BCUT2D eigenvalue weighted by Gasteiger charge is -2.29. The Kier molecular flexibility index (Phi) is 10.8. The average molecular weight is 853 g/mol. The maximum Gasteiger partial charge on any atom is 0.0482 e. The maximum atomic E-state index is 2.37. The van der Waals surface area contributed by atoms with E-state index in [1.54, 1.807) is 0 Å². The Morgan fingerprint density at radius 3 is 0.662 bits per heavy atom. The van der Waals surface area contributed by atoms with Gasteiger partial charge in [-0.1, -0.05) is 121 Å². The Balaban J connectivity index is 1.03. The molecule has 11 aromatic rings. The summed E-state index contributed by atoms with van der Waals surface area (Å²) in [6, 6.07) is 95.3. The second-order valence-corrected chi connectivity index (χ2v) is 16.9. The van der Waals surface area contributed by atoms with E-state index in [2.05, 4.69) is 287 Å². The topological polar surface area (TPSA) is 13.0 Å². The highest BCUT2D eigenvalue weighted by Crippen LogP contribution is 2.46. The van der Waals surface area contributed by atoms with Crippen molar-refractivity contribution in [1.82, 2.24) is 0 Å². The van der Waals surface area contributed by atoms with E-state index in [0.717, 1.165) is 68.2 Å². The second-order valence-electron chi connectivity index (χ2n) is 15.9. The normalized spacial score (nSPS) is 11.1. The highest BCUT2D eigenvalue weighted by molar-refractivity contribution is 7.25. The number of nitrogens with zero attached hydrogens (tertiary/aromatic N) is 4. The van der Waals surface area contributed by atoms with Crippen molar-refractivity contribution in [3.8, 4) is 0 Å². The Bertz CT molecular complexity index is 3020. The zero-order chi connectivity index (χ0) is 43.4. The van der Waals surface area contributed by atoms with E-state index in [-0.39, 0.29) is 0 Å². The summed E-state index contributed by atoms with van der Waals surface area (Å²) < 4.78 is 2.49. The van der Waals surface area contributed by atoms with E-state index in [9.17, 15) is 0 Å². The molecule has 0 amide bonds. The van der Waals surface area contributed by atoms with Gasteiger partial charge in [-0.05, 0) is 146 Å². The van der Waals surface area contributed by atoms with Gasteiger partial charge in [0.05, 0.1) is 0 Å². The van der Waals surface area contributed by atoms with Gasteiger partial charge in [0, 0.05) is 88.4 Å². The van der Waals surface area contributed by atoms with Crippen molar-refractivity contribution in [2.75, 3.05) is 19.6 Å². The van der Waals surface area contributed by atoms with Crippen molar-refractivity contribution in [2.24, 2.45) is 0 Å². The van der Waals surface area contributed by atoms with Gasteiger partial charge in [0.25, 0.3) is 0 Å². The highest BCUT2D eigenvalue weighted by atomic mass is 32.1. The van der Waals surface area contributed by atoms with Gasteiger partial charge in [-0.15, -0.1) is 11.3 Å². The zero-order valence-electron chi connectivity index (χ0n) is 35.6. The molecule has 0 atom stereocenters. The van der Waals surface area contributed by atoms with Crippen LogP contribution in [-0.4, -0.2) is 0 Å². The predicted molar refractivity (Wildman–Crippen MR) is 278 cm³/mol. The highest BCUT2D eigenvalue weighted by Gasteiger charge is 2.21. The molecule has 0 radical (unpaired) electrons. The fourth-order valence-corrected chi connectivity index (χ4v) is 9.89. The third-order valence-corrected chi connectivity index (χ3v) is 12.9. The summed E-state index contributed by atoms with van der Waals surface area (Å²) in [5.74, 6) is 0. The average Bonchev–Trinajstić information content (AvgIpc) is 3.74. The van der Waals surface area contributed by atoms with E-state index in [1.165, 1.54) is 20.2 Å². The molecule has 0 N–H and O–H groups in total. The third kappa shape index (κ3) is 7.97. The number of thiophene rings is 1. The molecule has 1 heterocycles. The number of para-hydroxylation sites is 6. The van der Waals surface area contributed by atoms with Crippen LogP contribution in [0, 0.1) is 0 Å². The van der Waals surface area contributed by atoms with Gasteiger partial charge in [0.1, 0.15) is 0 Å². The van der Waals surface area contributed by atoms with Gasteiger partial charge in [0.15, 0.2) is 0 Å². The monoisotopic (exact) mass is 852 g/mol. The predicted octanol–water partition coefficient (Wildman–Crippen LogP) is 17.9. The smallest absolute Gasteiger partial charge is 0.0482 e. The molecular weight excluding hydrogens is 809 g/mol. The summed E-state index contributed by atoms with van der Waals surface area (Å²) in [5.41, 5.74) is 13.1. The van der Waals surface area contributed by atoms with Crippen LogP contribution >= 0.6 is 11.3 Å². The fourth-order valence-electron chi connectivity index (χ4n) is 8.83. The van der Waals surface area contributed by atoms with Gasteiger partial charge in [-0.2, -0.15) is 0 Å². The van der Waals surface area contributed by atoms with Gasteiger partial charge < -0.3 is 19.6 Å². The minimum Gasteiger partial charge on any atom is -0.310 e. The van der Waals surface area contributed by atoms with E-state index in [1.807, 2.05) is 11.3 Å². The molecule has 310 valence electrons. The van der Waals surface area contributed by atoms with Crippen LogP contribution in [0.4, 0.5) is 68.2 Å². The third-order valence-electron chi connectivity index (χ3n) is 11.7. The Morgan fingerprint density at radius 1 is 0.185 bits per heavy atom. The van der Waals surface area contributed by atoms with Crippen LogP contribution in [0.2, 0.25) is 0 Å². The first-order chi connectivity index (χ1) is 32.2. The summed E-state index contributed by atoms with van der Waals surface area (Å²) in [7, 11) is 0. The first-order valence-corrected chi connectivity index (χ1v) is 22.7. The van der Waals surface area contributed by atoms with Crippen LogP contribution in [0.3, 0.4) is 0 Å². The van der Waals surface area contributed by atoms with E-state index in [0.29, 0.717) is 0 Å². The molecule has 0 bridgehead atoms. The summed E-state index contributed by atoms with van der Waals surface area (Å²) in [5, 5.41) is 2.44. The second kappa shape index (κ2) is 17.8. The summed E-state index contributed by atoms with van der Waals surface area (Å²) >= 11 is 1.84. The molecule has 0 spiro atoms. The lowest BCUT2D eigenvalue weighted by Crippen LogP contribution is -2.13. The van der Waals surface area contributed by atoms with Gasteiger partial charge in [0.2, 0.25) is 0 Å². The van der Waals surface area contributed by atoms with E-state index >= 15 is 0 Å². The first-order valence-electron chi connectivity index (χ1n) is 21.9. The quantitative estimate of drug-likeness (QED) is 0.121. The minimum absolute atomic E-state index is 1.07. The molecule has 0 aliphatic carbocycles. The van der Waals surface area contributed by atoms with Gasteiger partial charge in [-0.3, -0.25) is 0 Å². The van der Waals surface area contributed by atoms with Crippen molar-refractivity contribution in [3.05, 3.63) is 267 Å². The zero-order valence-corrected chi connectivity index (χ0v) is 36.4. The van der Waals surface area contributed by atoms with Crippen LogP contribution in [0.5, 0.6) is 0 Å². The molecule has 0 saturated carbocycles. The summed E-state index contributed by atoms with van der Waals surface area (Å²) in [6.07, 6.45) is 0. The van der Waals surface area contributed by atoms with Gasteiger partial charge in [-0.25, -0.2) is 0 Å². The molecule has 0 unspecified atom stereocenters. The number of benzene rings is 10. The molecule has 0 aliphatic heterocycles. The number of fused-ring (bicyclic) bond motifs is 3. The van der Waals surface area contributed by atoms with E-state index in [4.69, 9.17) is 0 Å². The van der Waals surface area contributed by atoms with Gasteiger partial charge >= 0.3 is 0 Å². The molecule has 11 rings (SSSR count). The molecule has 4 nitrogen and oxygen atoms in total. The van der Waals surface area contributed by atoms with Crippen LogP contribution < -0.4 is 19.6 Å². The van der Waals surface area contributed by atoms with Crippen molar-refractivity contribution in [3.63, 3.8) is 0 Å². The lowest BCUT2D eigenvalue weighted by molar-refractivity contribution is 1.25. The summed E-state index contributed by atoms with van der Waals surface area (Å²) in [4.78, 5) is 9.38. The fraction of sp³-hybridized carbons (Fsp3) is 0. The SMILES string of the molecule is c1ccc(N(c2ccccc2)c2cccc(N(c3ccccc3)c3ccc4sc5ccc(N(c6ccccc6)c6cccc(N(c7ccccc7)c7ccccc7)c6)cc5c4c3)c2)cc1. The molecule has 0 saturated heterocycles. The number of rotatable bonds is 12. The Morgan fingerprint density at radius 2 is 0.400 bits per heavy atom. The van der Waals surface area contributed by atoms with Crippen LogP contribution in [0.1, 0.15) is 0 Å². The number of hydrogen-bond acceptors (Lipinski definition) is 5. The molecular formula is C60H44N4S. The van der Waals surface area contributed by atoms with Crippen LogP contribution in [0.15, 0.2) is 267 Å². The molecule has 10 aromatic carbocycles. The van der Waals surface area contributed by atoms with Crippen molar-refractivity contribution in [1.29, 1.82) is 0 Å². The van der Waals surface area contributed by atoms with Crippen LogP contribution in [0.25, 0.3) is 20.2 Å². The first kappa shape index (κ1) is 39.5. The van der Waals surface area contributed by atoms with Crippen molar-refractivity contribution in [2.45, 2.75) is 0 Å². The summed E-state index contributed by atoms with van der Waals surface area (Å²) in [6.45, 7) is 0. The number of anilines is 12. The van der Waals surface area contributed by atoms with Crippen LogP contribution in [-0.2, 0) is 0 Å². The molecule has 0 aliphatic rings. The lowest BCUT2D eigenvalue weighted by atomic mass is 10.1. The minimum atomic E-state index is 1.07. The molecule has 1 aromatic heterocycles. The largest absolute Gasteiger partial charge is 0.310 e. The Hall–Kier alpha value is -8.38.